The lowest BCUT2D eigenvalue weighted by Gasteiger charge is -2.07. The van der Waals surface area contributed by atoms with Gasteiger partial charge in [0.15, 0.2) is 0 Å². The molecule has 0 aliphatic rings. The van der Waals surface area contributed by atoms with E-state index in [9.17, 15) is 9.18 Å². The fourth-order valence-electron chi connectivity index (χ4n) is 1.97. The van der Waals surface area contributed by atoms with Crippen molar-refractivity contribution in [2.45, 2.75) is 0 Å². The molecule has 0 radical (unpaired) electrons. The molecule has 1 amide bonds. The number of nitrogens with two attached hydrogens (primary N) is 1. The van der Waals surface area contributed by atoms with Gasteiger partial charge in [-0.1, -0.05) is 24.3 Å². The van der Waals surface area contributed by atoms with Crippen LogP contribution < -0.4 is 11.1 Å². The quantitative estimate of drug-likeness (QED) is 0.757. The lowest BCUT2D eigenvalue weighted by atomic mass is 10.1. The number of nitrogens with zero attached hydrogens (tertiary/aromatic N) is 2. The molecule has 21 heavy (non-hydrogen) atoms. The maximum absolute atomic E-state index is 12.8. The number of anilines is 2. The van der Waals surface area contributed by atoms with E-state index >= 15 is 0 Å². The molecule has 0 bridgehead atoms. The van der Waals surface area contributed by atoms with Crippen molar-refractivity contribution >= 4 is 28.3 Å². The predicted octanol–water partition coefficient (Wildman–Crippen LogP) is 2.60. The smallest absolute Gasteiger partial charge is 0.275 e. The Kier molecular flexibility index (Phi) is 3.19. The summed E-state index contributed by atoms with van der Waals surface area (Å²) in [6, 6.07) is 11.6. The highest BCUT2D eigenvalue weighted by Crippen LogP contribution is 2.20. The van der Waals surface area contributed by atoms with E-state index in [0.29, 0.717) is 0 Å². The Morgan fingerprint density at radius 3 is 2.76 bits per heavy atom. The minimum Gasteiger partial charge on any atom is -0.383 e. The monoisotopic (exact) mass is 282 g/mol. The third kappa shape index (κ3) is 2.64. The Morgan fingerprint density at radius 1 is 1.19 bits per heavy atom. The summed E-state index contributed by atoms with van der Waals surface area (Å²) in [5.74, 6) is -0.395. The lowest BCUT2D eigenvalue weighted by Crippen LogP contribution is -2.15. The van der Waals surface area contributed by atoms with Crippen LogP contribution in [-0.4, -0.2) is 15.9 Å². The van der Waals surface area contributed by atoms with E-state index in [1.54, 1.807) is 6.07 Å². The first-order valence-electron chi connectivity index (χ1n) is 6.21. The van der Waals surface area contributed by atoms with Gasteiger partial charge >= 0.3 is 0 Å². The van der Waals surface area contributed by atoms with E-state index < -0.39 is 11.7 Å². The average Bonchev–Trinajstić information content (AvgIpc) is 2.49. The number of nitrogens with one attached hydrogen (secondary N) is 1. The second kappa shape index (κ2) is 5.16. The number of carbonyl (C=O) groups is 1. The van der Waals surface area contributed by atoms with E-state index in [1.165, 1.54) is 12.1 Å². The van der Waals surface area contributed by atoms with Gasteiger partial charge in [-0.25, -0.2) is 14.4 Å². The number of hydrogen-bond acceptors (Lipinski definition) is 4. The maximum Gasteiger partial charge on any atom is 0.275 e. The number of rotatable bonds is 2. The van der Waals surface area contributed by atoms with Crippen LogP contribution in [-0.2, 0) is 0 Å². The topological polar surface area (TPSA) is 80.9 Å². The number of carbonyl (C=O) groups excluding carboxylic acids is 1. The second-order valence-electron chi connectivity index (χ2n) is 4.43. The number of pyridine rings is 2. The summed E-state index contributed by atoms with van der Waals surface area (Å²) in [4.78, 5) is 20.0. The highest BCUT2D eigenvalue weighted by Gasteiger charge is 2.11. The number of halogens is 1. The van der Waals surface area contributed by atoms with Crippen molar-refractivity contribution in [3.8, 4) is 0 Å². The Bertz CT molecular complexity index is 818. The summed E-state index contributed by atoms with van der Waals surface area (Å²) in [7, 11) is 0. The summed E-state index contributed by atoms with van der Waals surface area (Å²) < 4.78 is 12.8. The van der Waals surface area contributed by atoms with Crippen molar-refractivity contribution in [1.29, 1.82) is 0 Å². The van der Waals surface area contributed by atoms with Crippen molar-refractivity contribution < 1.29 is 9.18 Å². The molecule has 0 aliphatic heterocycles. The fourth-order valence-corrected chi connectivity index (χ4v) is 1.97. The van der Waals surface area contributed by atoms with Crippen LogP contribution in [0.4, 0.5) is 16.0 Å². The summed E-state index contributed by atoms with van der Waals surface area (Å²) in [5, 5.41) is 4.15. The molecule has 2 aromatic heterocycles. The maximum atomic E-state index is 12.8. The molecular weight excluding hydrogens is 271 g/mol. The van der Waals surface area contributed by atoms with Gasteiger partial charge in [0, 0.05) is 5.39 Å². The number of hydrogen-bond donors (Lipinski definition) is 2. The van der Waals surface area contributed by atoms with Crippen molar-refractivity contribution in [2.75, 3.05) is 11.1 Å². The van der Waals surface area contributed by atoms with Crippen molar-refractivity contribution in [2.24, 2.45) is 0 Å². The third-order valence-electron chi connectivity index (χ3n) is 2.97. The molecule has 1 aromatic carbocycles. The van der Waals surface area contributed by atoms with Crippen LogP contribution in [0.2, 0.25) is 0 Å². The Morgan fingerprint density at radius 2 is 2.00 bits per heavy atom. The van der Waals surface area contributed by atoms with E-state index in [1.807, 2.05) is 24.3 Å². The third-order valence-corrected chi connectivity index (χ3v) is 2.97. The zero-order chi connectivity index (χ0) is 14.8. The summed E-state index contributed by atoms with van der Waals surface area (Å²) in [6.07, 6.45) is 1.03. The Hall–Kier alpha value is -3.02. The minimum atomic E-state index is -0.471. The first-order valence-corrected chi connectivity index (χ1v) is 6.21. The number of fused-ring (bicyclic) bond motifs is 1. The first kappa shape index (κ1) is 13.0. The zero-order valence-corrected chi connectivity index (χ0v) is 10.9. The van der Waals surface area contributed by atoms with Gasteiger partial charge in [-0.2, -0.15) is 0 Å². The normalized spacial score (nSPS) is 10.5. The molecule has 104 valence electrons. The van der Waals surface area contributed by atoms with Crippen LogP contribution in [0, 0.1) is 5.82 Å². The van der Waals surface area contributed by atoms with Gasteiger partial charge in [-0.15, -0.1) is 0 Å². The molecule has 0 spiro atoms. The second-order valence-corrected chi connectivity index (χ2v) is 4.43. The van der Waals surface area contributed by atoms with Crippen molar-refractivity contribution in [3.63, 3.8) is 0 Å². The molecule has 0 saturated carbocycles. The standard InChI is InChI=1S/C15H11FN4O/c16-10-5-6-13(18-8-10)20-15(21)12-7-9-3-1-2-4-11(9)14(17)19-12/h1-8H,(H2,17,19)(H,18,20,21). The minimum absolute atomic E-state index is 0.178. The largest absolute Gasteiger partial charge is 0.383 e. The molecule has 3 N–H and O–H groups in total. The van der Waals surface area contributed by atoms with Gasteiger partial charge < -0.3 is 11.1 Å². The molecule has 0 atom stereocenters. The average molecular weight is 282 g/mol. The van der Waals surface area contributed by atoms with Gasteiger partial charge in [-0.3, -0.25) is 4.79 Å². The molecule has 3 aromatic rings. The molecule has 0 unspecified atom stereocenters. The highest BCUT2D eigenvalue weighted by atomic mass is 19.1. The predicted molar refractivity (Wildman–Crippen MR) is 78.3 cm³/mol. The molecule has 2 heterocycles. The number of nitrogen functional groups attached to an aromatic ring is 1. The molecule has 0 aliphatic carbocycles. The zero-order valence-electron chi connectivity index (χ0n) is 10.9. The lowest BCUT2D eigenvalue weighted by molar-refractivity contribution is 0.102. The van der Waals surface area contributed by atoms with Gasteiger partial charge in [-0.05, 0) is 23.6 Å². The van der Waals surface area contributed by atoms with Gasteiger partial charge in [0.2, 0.25) is 0 Å². The van der Waals surface area contributed by atoms with E-state index in [4.69, 9.17) is 5.73 Å². The van der Waals surface area contributed by atoms with Gasteiger partial charge in [0.25, 0.3) is 5.91 Å². The number of amides is 1. The summed E-state index contributed by atoms with van der Waals surface area (Å²) in [5.41, 5.74) is 6.03. The Balaban J connectivity index is 1.92. The fraction of sp³-hybridized carbons (Fsp3) is 0. The van der Waals surface area contributed by atoms with E-state index in [-0.39, 0.29) is 17.3 Å². The van der Waals surface area contributed by atoms with Gasteiger partial charge in [0.1, 0.15) is 23.1 Å². The van der Waals surface area contributed by atoms with Crippen molar-refractivity contribution in [1.82, 2.24) is 9.97 Å². The molecule has 0 fully saturated rings. The summed E-state index contributed by atoms with van der Waals surface area (Å²) >= 11 is 0. The highest BCUT2D eigenvalue weighted by molar-refractivity contribution is 6.05. The van der Waals surface area contributed by atoms with Crippen LogP contribution in [0.25, 0.3) is 10.8 Å². The molecule has 6 heteroatoms. The van der Waals surface area contributed by atoms with Crippen LogP contribution in [0.15, 0.2) is 48.7 Å². The molecule has 5 nitrogen and oxygen atoms in total. The molecule has 0 saturated heterocycles. The molecule has 3 rings (SSSR count). The van der Waals surface area contributed by atoms with E-state index in [0.717, 1.165) is 17.0 Å². The van der Waals surface area contributed by atoms with Crippen LogP contribution in [0.1, 0.15) is 10.5 Å². The van der Waals surface area contributed by atoms with Crippen molar-refractivity contribution in [3.05, 3.63) is 60.2 Å². The van der Waals surface area contributed by atoms with Crippen LogP contribution >= 0.6 is 0 Å². The van der Waals surface area contributed by atoms with E-state index in [2.05, 4.69) is 15.3 Å². The number of benzene rings is 1. The Labute approximate surface area is 119 Å². The molecular formula is C15H11FN4O. The van der Waals surface area contributed by atoms with Crippen LogP contribution in [0.3, 0.4) is 0 Å². The number of aromatic nitrogens is 2. The van der Waals surface area contributed by atoms with Crippen LogP contribution in [0.5, 0.6) is 0 Å². The summed E-state index contributed by atoms with van der Waals surface area (Å²) in [6.45, 7) is 0. The van der Waals surface area contributed by atoms with Gasteiger partial charge in [0.05, 0.1) is 6.20 Å². The SMILES string of the molecule is Nc1nc(C(=O)Nc2ccc(F)cn2)cc2ccccc12. The first-order chi connectivity index (χ1) is 10.1.